The van der Waals surface area contributed by atoms with Gasteiger partial charge in [-0.1, -0.05) is 6.92 Å². The predicted molar refractivity (Wildman–Crippen MR) is 68.2 cm³/mol. The van der Waals surface area contributed by atoms with Crippen LogP contribution in [0.2, 0.25) is 0 Å². The molecule has 0 atom stereocenters. The molecule has 0 bridgehead atoms. The molecule has 0 saturated heterocycles. The minimum absolute atomic E-state index is 0.0586. The Kier molecular flexibility index (Phi) is 6.68. The van der Waals surface area contributed by atoms with E-state index in [1.165, 1.54) is 12.1 Å². The average molecular weight is 256 g/mol. The minimum Gasteiger partial charge on any atom is -0.493 e. The van der Waals surface area contributed by atoms with Crippen LogP contribution in [0.25, 0.3) is 0 Å². The highest BCUT2D eigenvalue weighted by atomic mass is 19.1. The third-order valence-electron chi connectivity index (χ3n) is 2.82. The molecular weight excluding hydrogens is 235 g/mol. The van der Waals surface area contributed by atoms with E-state index in [0.29, 0.717) is 25.2 Å². The van der Waals surface area contributed by atoms with Gasteiger partial charge in [0.1, 0.15) is 11.6 Å². The van der Waals surface area contributed by atoms with E-state index in [-0.39, 0.29) is 24.9 Å². The first-order valence-corrected chi connectivity index (χ1v) is 6.34. The van der Waals surface area contributed by atoms with Gasteiger partial charge in [0.25, 0.3) is 0 Å². The lowest BCUT2D eigenvalue weighted by Crippen LogP contribution is -2.12. The van der Waals surface area contributed by atoms with Crippen LogP contribution in [0.4, 0.5) is 4.39 Å². The summed E-state index contributed by atoms with van der Waals surface area (Å²) < 4.78 is 18.8. The quantitative estimate of drug-likeness (QED) is 0.749. The zero-order valence-corrected chi connectivity index (χ0v) is 10.7. The lowest BCUT2D eigenvalue weighted by Gasteiger charge is -2.14. The number of hydrogen-bond donors (Lipinski definition) is 2. The maximum absolute atomic E-state index is 13.2. The normalized spacial score (nSPS) is 10.9. The standard InChI is InChI=1S/C14H21FO3/c1-2-7-18-14-6-5-13(15)8-12(14)4-3-11(9-16)10-17/h5-6,8,11,16-17H,2-4,7,9-10H2,1H3. The van der Waals surface area contributed by atoms with Crippen molar-refractivity contribution < 1.29 is 19.3 Å². The highest BCUT2D eigenvalue weighted by Crippen LogP contribution is 2.23. The summed E-state index contributed by atoms with van der Waals surface area (Å²) in [6, 6.07) is 4.47. The number of halogens is 1. The molecule has 0 unspecified atom stereocenters. The Hall–Kier alpha value is -1.13. The van der Waals surface area contributed by atoms with Crippen molar-refractivity contribution in [2.45, 2.75) is 26.2 Å². The molecule has 0 aliphatic rings. The first-order valence-electron chi connectivity index (χ1n) is 6.34. The van der Waals surface area contributed by atoms with Crippen LogP contribution in [0.3, 0.4) is 0 Å². The van der Waals surface area contributed by atoms with Crippen LogP contribution in [0, 0.1) is 11.7 Å². The Morgan fingerprint density at radius 2 is 2.00 bits per heavy atom. The largest absolute Gasteiger partial charge is 0.493 e. The van der Waals surface area contributed by atoms with Gasteiger partial charge in [0, 0.05) is 19.1 Å². The van der Waals surface area contributed by atoms with Crippen LogP contribution in [0.5, 0.6) is 5.75 Å². The van der Waals surface area contributed by atoms with Crippen molar-refractivity contribution >= 4 is 0 Å². The second kappa shape index (κ2) is 8.06. The number of hydrogen-bond acceptors (Lipinski definition) is 3. The van der Waals surface area contributed by atoms with Gasteiger partial charge in [0.2, 0.25) is 0 Å². The number of ether oxygens (including phenoxy) is 1. The molecule has 0 aromatic heterocycles. The Bertz CT molecular complexity index is 351. The minimum atomic E-state index is -0.293. The van der Waals surface area contributed by atoms with E-state index < -0.39 is 0 Å². The van der Waals surface area contributed by atoms with E-state index in [0.717, 1.165) is 12.0 Å². The van der Waals surface area contributed by atoms with Crippen molar-refractivity contribution in [2.24, 2.45) is 5.92 Å². The highest BCUT2D eigenvalue weighted by molar-refractivity contribution is 5.34. The molecule has 4 heteroatoms. The monoisotopic (exact) mass is 256 g/mol. The second-order valence-electron chi connectivity index (χ2n) is 4.37. The van der Waals surface area contributed by atoms with Crippen molar-refractivity contribution in [1.29, 1.82) is 0 Å². The molecule has 102 valence electrons. The van der Waals surface area contributed by atoms with Crippen molar-refractivity contribution in [3.05, 3.63) is 29.6 Å². The molecule has 1 rings (SSSR count). The van der Waals surface area contributed by atoms with Gasteiger partial charge in [-0.05, 0) is 43.0 Å². The lowest BCUT2D eigenvalue weighted by atomic mass is 10.00. The first-order chi connectivity index (χ1) is 8.71. The lowest BCUT2D eigenvalue weighted by molar-refractivity contribution is 0.144. The van der Waals surface area contributed by atoms with Crippen LogP contribution in [-0.2, 0) is 6.42 Å². The van der Waals surface area contributed by atoms with E-state index in [2.05, 4.69) is 0 Å². The molecule has 3 nitrogen and oxygen atoms in total. The summed E-state index contributed by atoms with van der Waals surface area (Å²) in [5, 5.41) is 18.0. The molecule has 0 fully saturated rings. The summed E-state index contributed by atoms with van der Waals surface area (Å²) in [5.41, 5.74) is 0.787. The third-order valence-corrected chi connectivity index (χ3v) is 2.82. The summed E-state index contributed by atoms with van der Waals surface area (Å²) in [4.78, 5) is 0. The molecule has 0 spiro atoms. The van der Waals surface area contributed by atoms with Crippen molar-refractivity contribution in [2.75, 3.05) is 19.8 Å². The van der Waals surface area contributed by atoms with Gasteiger partial charge in [-0.3, -0.25) is 0 Å². The van der Waals surface area contributed by atoms with E-state index >= 15 is 0 Å². The fourth-order valence-corrected chi connectivity index (χ4v) is 1.70. The molecule has 1 aromatic carbocycles. The first kappa shape index (κ1) is 14.9. The SMILES string of the molecule is CCCOc1ccc(F)cc1CCC(CO)CO. The maximum Gasteiger partial charge on any atom is 0.123 e. The number of aryl methyl sites for hydroxylation is 1. The van der Waals surface area contributed by atoms with Crippen LogP contribution in [-0.4, -0.2) is 30.0 Å². The number of benzene rings is 1. The third kappa shape index (κ3) is 4.63. The van der Waals surface area contributed by atoms with E-state index in [1.807, 2.05) is 6.92 Å². The molecule has 0 heterocycles. The molecule has 0 saturated carbocycles. The molecule has 1 aromatic rings. The van der Waals surface area contributed by atoms with E-state index in [4.69, 9.17) is 14.9 Å². The Balaban J connectivity index is 2.68. The van der Waals surface area contributed by atoms with Gasteiger partial charge in [-0.15, -0.1) is 0 Å². The fraction of sp³-hybridized carbons (Fsp3) is 0.571. The number of aliphatic hydroxyl groups is 2. The number of aliphatic hydroxyl groups excluding tert-OH is 2. The molecular formula is C14H21FO3. The summed E-state index contributed by atoms with van der Waals surface area (Å²) in [5.74, 6) is 0.235. The van der Waals surface area contributed by atoms with Crippen molar-refractivity contribution in [1.82, 2.24) is 0 Å². The smallest absolute Gasteiger partial charge is 0.123 e. The summed E-state index contributed by atoms with van der Waals surface area (Å²) in [6.45, 7) is 2.49. The summed E-state index contributed by atoms with van der Waals surface area (Å²) in [7, 11) is 0. The van der Waals surface area contributed by atoms with Crippen molar-refractivity contribution in [3.8, 4) is 5.75 Å². The van der Waals surface area contributed by atoms with Crippen LogP contribution in [0.15, 0.2) is 18.2 Å². The van der Waals surface area contributed by atoms with Gasteiger partial charge >= 0.3 is 0 Å². The van der Waals surface area contributed by atoms with Gasteiger partial charge in [0.15, 0.2) is 0 Å². The average Bonchev–Trinajstić information content (AvgIpc) is 2.39. The molecule has 0 amide bonds. The zero-order valence-electron chi connectivity index (χ0n) is 10.7. The predicted octanol–water partition coefficient (Wildman–Crippen LogP) is 2.15. The van der Waals surface area contributed by atoms with E-state index in [9.17, 15) is 4.39 Å². The van der Waals surface area contributed by atoms with Crippen LogP contribution in [0.1, 0.15) is 25.3 Å². The Morgan fingerprint density at radius 1 is 1.28 bits per heavy atom. The molecule has 2 N–H and O–H groups in total. The van der Waals surface area contributed by atoms with E-state index in [1.54, 1.807) is 6.07 Å². The number of rotatable bonds is 8. The zero-order chi connectivity index (χ0) is 13.4. The van der Waals surface area contributed by atoms with Crippen LogP contribution >= 0.6 is 0 Å². The topological polar surface area (TPSA) is 49.7 Å². The van der Waals surface area contributed by atoms with Crippen LogP contribution < -0.4 is 4.74 Å². The van der Waals surface area contributed by atoms with Gasteiger partial charge < -0.3 is 14.9 Å². The van der Waals surface area contributed by atoms with Gasteiger partial charge in [0.05, 0.1) is 6.61 Å². The Labute approximate surface area is 107 Å². The molecule has 18 heavy (non-hydrogen) atoms. The molecule has 0 aliphatic carbocycles. The fourth-order valence-electron chi connectivity index (χ4n) is 1.70. The summed E-state index contributed by atoms with van der Waals surface area (Å²) in [6.07, 6.45) is 2.09. The molecule has 0 radical (unpaired) electrons. The van der Waals surface area contributed by atoms with Gasteiger partial charge in [-0.2, -0.15) is 0 Å². The van der Waals surface area contributed by atoms with Gasteiger partial charge in [-0.25, -0.2) is 4.39 Å². The Morgan fingerprint density at radius 3 is 2.61 bits per heavy atom. The second-order valence-corrected chi connectivity index (χ2v) is 4.37. The summed E-state index contributed by atoms with van der Waals surface area (Å²) >= 11 is 0. The van der Waals surface area contributed by atoms with Crippen molar-refractivity contribution in [3.63, 3.8) is 0 Å². The highest BCUT2D eigenvalue weighted by Gasteiger charge is 2.10. The maximum atomic E-state index is 13.2. The molecule has 0 aliphatic heterocycles.